The van der Waals surface area contributed by atoms with E-state index in [4.69, 9.17) is 24.4 Å². The third kappa shape index (κ3) is 4.39. The molecule has 2 N–H and O–H groups in total. The van der Waals surface area contributed by atoms with Gasteiger partial charge in [-0.25, -0.2) is 9.18 Å². The highest BCUT2D eigenvalue weighted by Gasteiger charge is 2.31. The van der Waals surface area contributed by atoms with Crippen molar-refractivity contribution >= 4 is 16.9 Å². The van der Waals surface area contributed by atoms with Gasteiger partial charge in [-0.3, -0.25) is 0 Å². The molecular formula is C29H21FN2O5. The lowest BCUT2D eigenvalue weighted by atomic mass is 9.83. The predicted octanol–water partition coefficient (Wildman–Crippen LogP) is 5.88. The van der Waals surface area contributed by atoms with E-state index in [0.717, 1.165) is 5.56 Å². The van der Waals surface area contributed by atoms with Crippen LogP contribution in [-0.4, -0.2) is 12.6 Å². The molecule has 1 aliphatic heterocycles. The first-order valence-electron chi connectivity index (χ1n) is 11.4. The van der Waals surface area contributed by atoms with Gasteiger partial charge in [-0.05, 0) is 48.9 Å². The molecule has 3 aromatic carbocycles. The van der Waals surface area contributed by atoms with Crippen molar-refractivity contribution < 1.29 is 27.8 Å². The predicted molar refractivity (Wildman–Crippen MR) is 134 cm³/mol. The summed E-state index contributed by atoms with van der Waals surface area (Å²) in [5.41, 5.74) is 8.70. The average Bonchev–Trinajstić information content (AvgIpc) is 3.22. The van der Waals surface area contributed by atoms with Crippen LogP contribution in [0.3, 0.4) is 0 Å². The largest absolute Gasteiger partial charge is 0.490 e. The fraction of sp³-hybridized carbons (Fsp3) is 0.103. The molecule has 0 saturated carbocycles. The fourth-order valence-corrected chi connectivity index (χ4v) is 4.29. The lowest BCUT2D eigenvalue weighted by molar-refractivity contribution is 0.0702. The molecule has 0 spiro atoms. The molecule has 0 aliphatic carbocycles. The molecule has 0 fully saturated rings. The number of benzene rings is 3. The van der Waals surface area contributed by atoms with Crippen LogP contribution >= 0.6 is 0 Å². The number of carbonyl (C=O) groups excluding carboxylic acids is 1. The van der Waals surface area contributed by atoms with E-state index in [9.17, 15) is 14.4 Å². The minimum Gasteiger partial charge on any atom is -0.490 e. The average molecular weight is 496 g/mol. The summed E-state index contributed by atoms with van der Waals surface area (Å²) in [5.74, 6) is -0.515. The van der Waals surface area contributed by atoms with E-state index in [1.165, 1.54) is 24.3 Å². The first-order valence-corrected chi connectivity index (χ1v) is 11.4. The van der Waals surface area contributed by atoms with Crippen molar-refractivity contribution in [3.05, 3.63) is 113 Å². The number of nitrogens with two attached hydrogens (primary N) is 1. The van der Waals surface area contributed by atoms with E-state index < -0.39 is 17.7 Å². The van der Waals surface area contributed by atoms with Crippen molar-refractivity contribution in [2.45, 2.75) is 12.8 Å². The maximum absolute atomic E-state index is 13.6. The zero-order chi connectivity index (χ0) is 26.1. The third-order valence-corrected chi connectivity index (χ3v) is 6.07. The summed E-state index contributed by atoms with van der Waals surface area (Å²) in [6, 6.07) is 18.3. The Labute approximate surface area is 211 Å². The highest BCUT2D eigenvalue weighted by atomic mass is 19.1. The molecule has 37 heavy (non-hydrogen) atoms. The van der Waals surface area contributed by atoms with E-state index in [0.29, 0.717) is 40.2 Å². The van der Waals surface area contributed by atoms with Crippen LogP contribution < -0.4 is 19.9 Å². The monoisotopic (exact) mass is 496 g/mol. The highest BCUT2D eigenvalue weighted by molar-refractivity contribution is 5.96. The van der Waals surface area contributed by atoms with Gasteiger partial charge >= 0.3 is 5.97 Å². The van der Waals surface area contributed by atoms with Crippen LogP contribution in [-0.2, 0) is 0 Å². The van der Waals surface area contributed by atoms with Crippen LogP contribution in [0.1, 0.15) is 33.2 Å². The van der Waals surface area contributed by atoms with Gasteiger partial charge in [0.15, 0.2) is 0 Å². The number of nitriles is 1. The summed E-state index contributed by atoms with van der Waals surface area (Å²) >= 11 is 0. The standard InChI is InChI=1S/C29H21FN2O5/c1-3-12-34-19-7-4-17(5-8-19)26-21-10-9-20(14-25(21)37-28(32)23(26)15-31)35-29(33)27-16(2)22-13-18(30)6-11-24(22)36-27/h3-11,13-14,26H,1,12,32H2,2H3. The van der Waals surface area contributed by atoms with Gasteiger partial charge in [-0.1, -0.05) is 30.9 Å². The molecule has 5 rings (SSSR count). The van der Waals surface area contributed by atoms with Crippen molar-refractivity contribution in [2.75, 3.05) is 6.61 Å². The number of allylic oxidation sites excluding steroid dienone is 1. The number of nitrogens with zero attached hydrogens (tertiary/aromatic N) is 1. The summed E-state index contributed by atoms with van der Waals surface area (Å²) in [4.78, 5) is 12.9. The number of hydrogen-bond acceptors (Lipinski definition) is 7. The number of ether oxygens (including phenoxy) is 3. The van der Waals surface area contributed by atoms with E-state index in [-0.39, 0.29) is 23.0 Å². The van der Waals surface area contributed by atoms with Crippen LogP contribution in [0.4, 0.5) is 4.39 Å². The zero-order valence-electron chi connectivity index (χ0n) is 19.8. The maximum Gasteiger partial charge on any atom is 0.379 e. The molecule has 0 radical (unpaired) electrons. The number of esters is 1. The number of fused-ring (bicyclic) bond motifs is 2. The first kappa shape index (κ1) is 23.7. The topological polar surface area (TPSA) is 108 Å². The second-order valence-electron chi connectivity index (χ2n) is 8.38. The molecule has 1 unspecified atom stereocenters. The van der Waals surface area contributed by atoms with Crippen molar-refractivity contribution in [1.82, 2.24) is 0 Å². The normalized spacial score (nSPS) is 14.5. The van der Waals surface area contributed by atoms with Gasteiger partial charge in [0, 0.05) is 22.6 Å². The summed E-state index contributed by atoms with van der Waals surface area (Å²) < 4.78 is 36.0. The molecule has 4 aromatic rings. The molecule has 7 nitrogen and oxygen atoms in total. The Hall–Kier alpha value is -5.03. The summed E-state index contributed by atoms with van der Waals surface area (Å²) in [5, 5.41) is 10.3. The van der Waals surface area contributed by atoms with Gasteiger partial charge in [0.1, 0.15) is 46.9 Å². The highest BCUT2D eigenvalue weighted by Crippen LogP contribution is 2.43. The Kier molecular flexibility index (Phi) is 6.12. The molecule has 184 valence electrons. The van der Waals surface area contributed by atoms with Gasteiger partial charge in [-0.2, -0.15) is 5.26 Å². The van der Waals surface area contributed by atoms with Crippen LogP contribution in [0, 0.1) is 24.1 Å². The fourth-order valence-electron chi connectivity index (χ4n) is 4.29. The van der Waals surface area contributed by atoms with E-state index in [2.05, 4.69) is 12.6 Å². The van der Waals surface area contributed by atoms with Crippen LogP contribution in [0.5, 0.6) is 17.2 Å². The van der Waals surface area contributed by atoms with Gasteiger partial charge in [0.25, 0.3) is 0 Å². The Morgan fingerprint density at radius 3 is 2.65 bits per heavy atom. The number of carbonyl (C=O) groups is 1. The van der Waals surface area contributed by atoms with Crippen molar-refractivity contribution in [1.29, 1.82) is 5.26 Å². The Balaban J connectivity index is 1.45. The maximum atomic E-state index is 13.6. The van der Waals surface area contributed by atoms with Crippen LogP contribution in [0.25, 0.3) is 11.0 Å². The molecule has 2 heterocycles. The molecule has 8 heteroatoms. The number of halogens is 1. The molecular weight excluding hydrogens is 475 g/mol. The lowest BCUT2D eigenvalue weighted by Gasteiger charge is -2.26. The molecule has 1 aliphatic rings. The van der Waals surface area contributed by atoms with Gasteiger partial charge < -0.3 is 24.4 Å². The lowest BCUT2D eigenvalue weighted by Crippen LogP contribution is -2.21. The summed E-state index contributed by atoms with van der Waals surface area (Å²) in [7, 11) is 0. The quantitative estimate of drug-likeness (QED) is 0.202. The summed E-state index contributed by atoms with van der Waals surface area (Å²) in [6.07, 6.45) is 1.65. The first-order chi connectivity index (χ1) is 17.9. The van der Waals surface area contributed by atoms with Crippen molar-refractivity contribution in [3.63, 3.8) is 0 Å². The third-order valence-electron chi connectivity index (χ3n) is 6.07. The zero-order valence-corrected chi connectivity index (χ0v) is 19.8. The molecule has 1 aromatic heterocycles. The molecule has 0 amide bonds. The van der Waals surface area contributed by atoms with Crippen LogP contribution in [0.15, 0.2) is 89.2 Å². The minimum atomic E-state index is -0.738. The Morgan fingerprint density at radius 2 is 1.92 bits per heavy atom. The molecule has 0 saturated heterocycles. The molecule has 0 bridgehead atoms. The Bertz CT molecular complexity index is 1610. The van der Waals surface area contributed by atoms with Crippen molar-refractivity contribution in [3.8, 4) is 23.3 Å². The second-order valence-corrected chi connectivity index (χ2v) is 8.38. The smallest absolute Gasteiger partial charge is 0.379 e. The number of aryl methyl sites for hydroxylation is 1. The van der Waals surface area contributed by atoms with E-state index >= 15 is 0 Å². The number of hydrogen-bond donors (Lipinski definition) is 1. The van der Waals surface area contributed by atoms with Crippen LogP contribution in [0.2, 0.25) is 0 Å². The van der Waals surface area contributed by atoms with E-state index in [1.54, 1.807) is 37.3 Å². The van der Waals surface area contributed by atoms with Gasteiger partial charge in [-0.15, -0.1) is 0 Å². The second kappa shape index (κ2) is 9.55. The van der Waals surface area contributed by atoms with Gasteiger partial charge in [0.2, 0.25) is 11.6 Å². The molecule has 1 atom stereocenters. The SMILES string of the molecule is C=CCOc1ccc(C2C(C#N)=C(N)Oc3cc(OC(=O)c4oc5ccc(F)cc5c4C)ccc32)cc1. The van der Waals surface area contributed by atoms with E-state index in [1.807, 2.05) is 12.1 Å². The number of furan rings is 1. The summed E-state index contributed by atoms with van der Waals surface area (Å²) in [6.45, 7) is 5.67. The Morgan fingerprint density at radius 1 is 1.16 bits per heavy atom. The number of rotatable bonds is 6. The van der Waals surface area contributed by atoms with Crippen molar-refractivity contribution in [2.24, 2.45) is 5.73 Å². The minimum absolute atomic E-state index is 0.0259. The van der Waals surface area contributed by atoms with Gasteiger partial charge in [0.05, 0.1) is 5.92 Å².